The molecule has 2 rings (SSSR count). The minimum atomic E-state index is -0.441. The number of hydrogen-bond donors (Lipinski definition) is 0. The van der Waals surface area contributed by atoms with Crippen molar-refractivity contribution >= 4 is 11.8 Å². The first kappa shape index (κ1) is 9.89. The van der Waals surface area contributed by atoms with Gasteiger partial charge in [0.15, 0.2) is 5.69 Å². The normalized spacial score (nSPS) is 15.4. The summed E-state index contributed by atoms with van der Waals surface area (Å²) in [7, 11) is 1.34. The van der Waals surface area contributed by atoms with Gasteiger partial charge in [0.1, 0.15) is 5.82 Å². The van der Waals surface area contributed by atoms with Crippen LogP contribution >= 0.6 is 0 Å². The van der Waals surface area contributed by atoms with Gasteiger partial charge in [0.25, 0.3) is 0 Å². The lowest BCUT2D eigenvalue weighted by Gasteiger charge is -2.15. The summed E-state index contributed by atoms with van der Waals surface area (Å²) in [4.78, 5) is 21.6. The first-order valence-corrected chi connectivity index (χ1v) is 4.96. The van der Waals surface area contributed by atoms with Crippen LogP contribution in [0.5, 0.6) is 0 Å². The number of nitrogens with zero attached hydrogens (tertiary/aromatic N) is 3. The van der Waals surface area contributed by atoms with Crippen LogP contribution < -0.4 is 4.90 Å². The molecular formula is C10H13N3O2. The minimum Gasteiger partial charge on any atom is -0.464 e. The van der Waals surface area contributed by atoms with Crippen LogP contribution in [-0.4, -0.2) is 36.1 Å². The molecule has 1 aromatic rings. The van der Waals surface area contributed by atoms with Crippen molar-refractivity contribution in [2.24, 2.45) is 0 Å². The van der Waals surface area contributed by atoms with E-state index in [0.29, 0.717) is 0 Å². The first-order chi connectivity index (χ1) is 7.31. The van der Waals surface area contributed by atoms with E-state index in [1.54, 1.807) is 6.20 Å². The lowest BCUT2D eigenvalue weighted by molar-refractivity contribution is 0.0593. The van der Waals surface area contributed by atoms with Crippen molar-refractivity contribution in [3.63, 3.8) is 0 Å². The zero-order valence-corrected chi connectivity index (χ0v) is 8.64. The summed E-state index contributed by atoms with van der Waals surface area (Å²) < 4.78 is 4.59. The van der Waals surface area contributed by atoms with Crippen molar-refractivity contribution < 1.29 is 9.53 Å². The molecule has 1 aliphatic rings. The molecule has 0 atom stereocenters. The number of anilines is 1. The van der Waals surface area contributed by atoms with Crippen LogP contribution in [0.2, 0.25) is 0 Å². The third-order valence-electron chi connectivity index (χ3n) is 2.45. The third-order valence-corrected chi connectivity index (χ3v) is 2.45. The monoisotopic (exact) mass is 207 g/mol. The SMILES string of the molecule is COC(=O)c1cncc(N2CCCC2)n1. The van der Waals surface area contributed by atoms with E-state index >= 15 is 0 Å². The van der Waals surface area contributed by atoms with E-state index in [2.05, 4.69) is 19.6 Å². The van der Waals surface area contributed by atoms with E-state index in [9.17, 15) is 4.79 Å². The number of hydrogen-bond acceptors (Lipinski definition) is 5. The summed E-state index contributed by atoms with van der Waals surface area (Å²) in [5, 5.41) is 0. The number of esters is 1. The van der Waals surface area contributed by atoms with Crippen molar-refractivity contribution in [1.29, 1.82) is 0 Å². The van der Waals surface area contributed by atoms with Gasteiger partial charge >= 0.3 is 5.97 Å². The van der Waals surface area contributed by atoms with Crippen LogP contribution in [0.1, 0.15) is 23.3 Å². The van der Waals surface area contributed by atoms with Gasteiger partial charge in [-0.05, 0) is 12.8 Å². The smallest absolute Gasteiger partial charge is 0.358 e. The maximum Gasteiger partial charge on any atom is 0.358 e. The molecule has 1 aliphatic heterocycles. The molecule has 1 fully saturated rings. The predicted molar refractivity (Wildman–Crippen MR) is 54.8 cm³/mol. The van der Waals surface area contributed by atoms with Gasteiger partial charge in [-0.2, -0.15) is 0 Å². The highest BCUT2D eigenvalue weighted by Crippen LogP contribution is 2.16. The maximum absolute atomic E-state index is 11.2. The molecule has 0 aromatic carbocycles. The molecule has 0 amide bonds. The molecule has 1 saturated heterocycles. The molecule has 0 N–H and O–H groups in total. The van der Waals surface area contributed by atoms with Crippen LogP contribution in [0.3, 0.4) is 0 Å². The fourth-order valence-corrected chi connectivity index (χ4v) is 1.66. The quantitative estimate of drug-likeness (QED) is 0.673. The molecule has 0 bridgehead atoms. The van der Waals surface area contributed by atoms with E-state index in [4.69, 9.17) is 0 Å². The van der Waals surface area contributed by atoms with E-state index in [1.165, 1.54) is 26.1 Å². The summed E-state index contributed by atoms with van der Waals surface area (Å²) in [6.07, 6.45) is 5.44. The van der Waals surface area contributed by atoms with E-state index < -0.39 is 5.97 Å². The Labute approximate surface area is 88.1 Å². The Bertz CT molecular complexity index is 361. The molecule has 2 heterocycles. The van der Waals surface area contributed by atoms with Crippen LogP contribution in [0, 0.1) is 0 Å². The number of methoxy groups -OCH3 is 1. The standard InChI is InChI=1S/C10H13N3O2/c1-15-10(14)8-6-11-7-9(12-8)13-4-2-3-5-13/h6-7H,2-5H2,1H3. The number of aromatic nitrogens is 2. The Balaban J connectivity index is 2.21. The van der Waals surface area contributed by atoms with Gasteiger partial charge in [0.2, 0.25) is 0 Å². The molecule has 1 aromatic heterocycles. The molecule has 0 unspecified atom stereocenters. The van der Waals surface area contributed by atoms with Crippen LogP contribution in [0.25, 0.3) is 0 Å². The number of rotatable bonds is 2. The largest absolute Gasteiger partial charge is 0.464 e. The summed E-state index contributed by atoms with van der Waals surface area (Å²) in [5.41, 5.74) is 0.266. The average molecular weight is 207 g/mol. The first-order valence-electron chi connectivity index (χ1n) is 4.96. The van der Waals surface area contributed by atoms with Crippen molar-refractivity contribution in [1.82, 2.24) is 9.97 Å². The number of carbonyl (C=O) groups is 1. The van der Waals surface area contributed by atoms with Crippen LogP contribution in [-0.2, 0) is 4.74 Å². The van der Waals surface area contributed by atoms with Crippen molar-refractivity contribution in [3.8, 4) is 0 Å². The molecular weight excluding hydrogens is 194 g/mol. The zero-order chi connectivity index (χ0) is 10.7. The Morgan fingerprint density at radius 2 is 2.13 bits per heavy atom. The summed E-state index contributed by atoms with van der Waals surface area (Å²) in [6, 6.07) is 0. The van der Waals surface area contributed by atoms with Gasteiger partial charge in [0, 0.05) is 13.1 Å². The van der Waals surface area contributed by atoms with E-state index in [1.807, 2.05) is 0 Å². The van der Waals surface area contributed by atoms with Gasteiger partial charge < -0.3 is 9.64 Å². The van der Waals surface area contributed by atoms with Gasteiger partial charge in [-0.15, -0.1) is 0 Å². The molecule has 80 valence electrons. The van der Waals surface area contributed by atoms with Crippen molar-refractivity contribution in [3.05, 3.63) is 18.1 Å². The second kappa shape index (κ2) is 4.25. The fraction of sp³-hybridized carbons (Fsp3) is 0.500. The Morgan fingerprint density at radius 3 is 2.80 bits per heavy atom. The van der Waals surface area contributed by atoms with Crippen molar-refractivity contribution in [2.45, 2.75) is 12.8 Å². The van der Waals surface area contributed by atoms with Gasteiger partial charge in [0.05, 0.1) is 19.5 Å². The van der Waals surface area contributed by atoms with Gasteiger partial charge in [-0.3, -0.25) is 4.98 Å². The average Bonchev–Trinajstić information content (AvgIpc) is 2.82. The molecule has 0 radical (unpaired) electrons. The van der Waals surface area contributed by atoms with Crippen LogP contribution in [0.4, 0.5) is 5.82 Å². The second-order valence-electron chi connectivity index (χ2n) is 3.45. The molecule has 5 nitrogen and oxygen atoms in total. The minimum absolute atomic E-state index is 0.266. The third kappa shape index (κ3) is 2.06. The molecule has 0 aliphatic carbocycles. The van der Waals surface area contributed by atoms with Gasteiger partial charge in [-0.1, -0.05) is 0 Å². The summed E-state index contributed by atoms with van der Waals surface area (Å²) in [6.45, 7) is 1.97. The lowest BCUT2D eigenvalue weighted by Crippen LogP contribution is -2.20. The topological polar surface area (TPSA) is 55.3 Å². The predicted octanol–water partition coefficient (Wildman–Crippen LogP) is 0.863. The fourth-order valence-electron chi connectivity index (χ4n) is 1.66. The lowest BCUT2D eigenvalue weighted by atomic mass is 10.4. The van der Waals surface area contributed by atoms with Crippen LogP contribution in [0.15, 0.2) is 12.4 Å². The highest BCUT2D eigenvalue weighted by Gasteiger charge is 2.16. The van der Waals surface area contributed by atoms with E-state index in [-0.39, 0.29) is 5.69 Å². The molecule has 0 spiro atoms. The number of ether oxygens (including phenoxy) is 1. The summed E-state index contributed by atoms with van der Waals surface area (Å²) >= 11 is 0. The molecule has 5 heteroatoms. The second-order valence-corrected chi connectivity index (χ2v) is 3.45. The Morgan fingerprint density at radius 1 is 1.40 bits per heavy atom. The highest BCUT2D eigenvalue weighted by molar-refractivity contribution is 5.87. The Hall–Kier alpha value is -1.65. The maximum atomic E-state index is 11.2. The molecule has 15 heavy (non-hydrogen) atoms. The van der Waals surface area contributed by atoms with Crippen molar-refractivity contribution in [2.75, 3.05) is 25.1 Å². The Kier molecular flexibility index (Phi) is 2.80. The number of carbonyl (C=O) groups excluding carboxylic acids is 1. The zero-order valence-electron chi connectivity index (χ0n) is 8.64. The van der Waals surface area contributed by atoms with Gasteiger partial charge in [-0.25, -0.2) is 9.78 Å². The van der Waals surface area contributed by atoms with E-state index in [0.717, 1.165) is 18.9 Å². The highest BCUT2D eigenvalue weighted by atomic mass is 16.5. The summed E-state index contributed by atoms with van der Waals surface area (Å²) in [5.74, 6) is 0.318. The molecule has 0 saturated carbocycles.